The molecule has 0 spiro atoms. The van der Waals surface area contributed by atoms with E-state index in [1.807, 2.05) is 0 Å². The summed E-state index contributed by atoms with van der Waals surface area (Å²) in [6.07, 6.45) is -3.37. The Labute approximate surface area is 138 Å². The SMILES string of the molecule is Cc1nn(CC(F)(F)F)c(C)c1C(C)C(=O)NCCCCC(=O)O. The monoisotopic (exact) mass is 349 g/mol. The summed E-state index contributed by atoms with van der Waals surface area (Å²) in [5.41, 5.74) is 1.20. The Kier molecular flexibility index (Phi) is 6.80. The maximum Gasteiger partial charge on any atom is 0.408 e. The lowest BCUT2D eigenvalue weighted by molar-refractivity contribution is -0.143. The van der Waals surface area contributed by atoms with E-state index in [-0.39, 0.29) is 12.3 Å². The van der Waals surface area contributed by atoms with Gasteiger partial charge in [0.25, 0.3) is 0 Å². The lowest BCUT2D eigenvalue weighted by atomic mass is 9.98. The maximum atomic E-state index is 12.5. The highest BCUT2D eigenvalue weighted by atomic mass is 19.4. The van der Waals surface area contributed by atoms with Crippen LogP contribution in [0.4, 0.5) is 13.2 Å². The van der Waals surface area contributed by atoms with Crippen molar-refractivity contribution in [3.63, 3.8) is 0 Å². The van der Waals surface area contributed by atoms with E-state index in [4.69, 9.17) is 5.11 Å². The number of carboxylic acid groups (broad SMARTS) is 1. The van der Waals surface area contributed by atoms with Gasteiger partial charge in [-0.15, -0.1) is 0 Å². The average molecular weight is 349 g/mol. The molecule has 0 saturated heterocycles. The first-order valence-electron chi connectivity index (χ1n) is 7.63. The van der Waals surface area contributed by atoms with Crippen LogP contribution in [0.25, 0.3) is 0 Å². The van der Waals surface area contributed by atoms with Crippen molar-refractivity contribution in [1.82, 2.24) is 15.1 Å². The van der Waals surface area contributed by atoms with E-state index in [2.05, 4.69) is 10.4 Å². The van der Waals surface area contributed by atoms with Crippen LogP contribution in [0, 0.1) is 13.8 Å². The summed E-state index contributed by atoms with van der Waals surface area (Å²) in [7, 11) is 0. The van der Waals surface area contributed by atoms with Crippen LogP contribution in [0.2, 0.25) is 0 Å². The summed E-state index contributed by atoms with van der Waals surface area (Å²) in [5.74, 6) is -1.84. The van der Waals surface area contributed by atoms with Gasteiger partial charge in [0.1, 0.15) is 6.54 Å². The van der Waals surface area contributed by atoms with Gasteiger partial charge in [0.15, 0.2) is 0 Å². The van der Waals surface area contributed by atoms with Gasteiger partial charge in [-0.1, -0.05) is 0 Å². The Morgan fingerprint density at radius 2 is 1.92 bits per heavy atom. The number of aliphatic carboxylic acids is 1. The number of aromatic nitrogens is 2. The van der Waals surface area contributed by atoms with E-state index in [1.165, 1.54) is 6.92 Å². The molecule has 24 heavy (non-hydrogen) atoms. The molecule has 6 nitrogen and oxygen atoms in total. The number of rotatable bonds is 8. The zero-order valence-corrected chi connectivity index (χ0v) is 13.9. The number of hydrogen-bond acceptors (Lipinski definition) is 3. The molecule has 0 fully saturated rings. The predicted molar refractivity (Wildman–Crippen MR) is 80.7 cm³/mol. The van der Waals surface area contributed by atoms with E-state index in [0.29, 0.717) is 36.3 Å². The van der Waals surface area contributed by atoms with Crippen molar-refractivity contribution < 1.29 is 27.9 Å². The molecule has 1 heterocycles. The molecule has 1 rings (SSSR count). The molecule has 1 unspecified atom stereocenters. The highest BCUT2D eigenvalue weighted by molar-refractivity contribution is 5.83. The van der Waals surface area contributed by atoms with E-state index < -0.39 is 24.6 Å². The van der Waals surface area contributed by atoms with E-state index in [1.54, 1.807) is 13.8 Å². The second kappa shape index (κ2) is 8.16. The van der Waals surface area contributed by atoms with Crippen LogP contribution in [0.5, 0.6) is 0 Å². The van der Waals surface area contributed by atoms with Crippen molar-refractivity contribution in [2.75, 3.05) is 6.54 Å². The maximum absolute atomic E-state index is 12.5. The summed E-state index contributed by atoms with van der Waals surface area (Å²) >= 11 is 0. The van der Waals surface area contributed by atoms with Gasteiger partial charge in [0.2, 0.25) is 5.91 Å². The molecule has 1 aromatic rings. The quantitative estimate of drug-likeness (QED) is 0.707. The third kappa shape index (κ3) is 5.86. The lowest BCUT2D eigenvalue weighted by Crippen LogP contribution is -2.29. The first kappa shape index (κ1) is 20.0. The number of alkyl halides is 3. The Morgan fingerprint density at radius 3 is 2.46 bits per heavy atom. The number of amides is 1. The number of hydrogen-bond donors (Lipinski definition) is 2. The molecule has 1 amide bonds. The molecule has 0 aliphatic carbocycles. The largest absolute Gasteiger partial charge is 0.481 e. The van der Waals surface area contributed by atoms with Crippen LogP contribution >= 0.6 is 0 Å². The summed E-state index contributed by atoms with van der Waals surface area (Å²) < 4.78 is 38.5. The van der Waals surface area contributed by atoms with Crippen LogP contribution in [0.1, 0.15) is 49.1 Å². The number of aryl methyl sites for hydroxylation is 1. The molecule has 0 aromatic carbocycles. The molecule has 1 atom stereocenters. The zero-order chi connectivity index (χ0) is 18.5. The minimum atomic E-state index is -4.38. The number of unbranched alkanes of at least 4 members (excludes halogenated alkanes) is 1. The molecule has 0 radical (unpaired) electrons. The van der Waals surface area contributed by atoms with Gasteiger partial charge in [0.05, 0.1) is 11.6 Å². The van der Waals surface area contributed by atoms with Gasteiger partial charge in [0, 0.05) is 24.2 Å². The van der Waals surface area contributed by atoms with Crippen molar-refractivity contribution in [1.29, 1.82) is 0 Å². The van der Waals surface area contributed by atoms with Crippen molar-refractivity contribution >= 4 is 11.9 Å². The predicted octanol–water partition coefficient (Wildman–Crippen LogP) is 2.54. The fourth-order valence-corrected chi connectivity index (χ4v) is 2.56. The van der Waals surface area contributed by atoms with Crippen LogP contribution < -0.4 is 5.32 Å². The van der Waals surface area contributed by atoms with Crippen molar-refractivity contribution in [3.05, 3.63) is 17.0 Å². The topological polar surface area (TPSA) is 84.2 Å². The van der Waals surface area contributed by atoms with Gasteiger partial charge in [-0.2, -0.15) is 18.3 Å². The summed E-state index contributed by atoms with van der Waals surface area (Å²) in [5, 5.41) is 15.1. The molecule has 0 aliphatic rings. The minimum absolute atomic E-state index is 0.0356. The third-order valence-corrected chi connectivity index (χ3v) is 3.71. The Balaban J connectivity index is 2.68. The number of nitrogens with zero attached hydrogens (tertiary/aromatic N) is 2. The number of nitrogens with one attached hydrogen (secondary N) is 1. The Hall–Kier alpha value is -2.06. The van der Waals surface area contributed by atoms with Crippen molar-refractivity contribution in [3.8, 4) is 0 Å². The summed E-state index contributed by atoms with van der Waals surface area (Å²) in [6.45, 7) is 3.83. The van der Waals surface area contributed by atoms with Crippen LogP contribution in [0.3, 0.4) is 0 Å². The van der Waals surface area contributed by atoms with Gasteiger partial charge in [-0.3, -0.25) is 14.3 Å². The molecule has 9 heteroatoms. The zero-order valence-electron chi connectivity index (χ0n) is 13.9. The van der Waals surface area contributed by atoms with Gasteiger partial charge in [-0.25, -0.2) is 0 Å². The molecular weight excluding hydrogens is 327 g/mol. The number of carbonyl (C=O) groups is 2. The summed E-state index contributed by atoms with van der Waals surface area (Å²) in [6, 6.07) is 0. The van der Waals surface area contributed by atoms with Crippen molar-refractivity contribution in [2.45, 2.75) is 58.7 Å². The lowest BCUT2D eigenvalue weighted by Gasteiger charge is -2.14. The molecule has 1 aromatic heterocycles. The average Bonchev–Trinajstić information content (AvgIpc) is 2.69. The van der Waals surface area contributed by atoms with Crippen LogP contribution in [0.15, 0.2) is 0 Å². The molecular formula is C15H22F3N3O3. The highest BCUT2D eigenvalue weighted by Gasteiger charge is 2.31. The second-order valence-electron chi connectivity index (χ2n) is 5.72. The molecule has 136 valence electrons. The van der Waals surface area contributed by atoms with Gasteiger partial charge >= 0.3 is 12.1 Å². The number of carbonyl (C=O) groups excluding carboxylic acids is 1. The smallest absolute Gasteiger partial charge is 0.408 e. The number of halogens is 3. The second-order valence-corrected chi connectivity index (χ2v) is 5.72. The van der Waals surface area contributed by atoms with Gasteiger partial charge < -0.3 is 10.4 Å². The Bertz CT molecular complexity index is 597. The molecule has 0 aliphatic heterocycles. The minimum Gasteiger partial charge on any atom is -0.481 e. The first-order valence-corrected chi connectivity index (χ1v) is 7.63. The Morgan fingerprint density at radius 1 is 1.29 bits per heavy atom. The first-order chi connectivity index (χ1) is 11.0. The molecule has 0 bridgehead atoms. The normalized spacial score (nSPS) is 12.9. The van der Waals surface area contributed by atoms with Crippen LogP contribution in [-0.2, 0) is 16.1 Å². The fraction of sp³-hybridized carbons (Fsp3) is 0.667. The number of carboxylic acids is 1. The van der Waals surface area contributed by atoms with Gasteiger partial charge in [-0.05, 0) is 33.6 Å². The standard InChI is InChI=1S/C15H22F3N3O3/c1-9(14(24)19-7-5-4-6-12(22)23)13-10(2)20-21(11(13)3)8-15(16,17)18/h9H,4-8H2,1-3H3,(H,19,24)(H,22,23). The van der Waals surface area contributed by atoms with E-state index in [9.17, 15) is 22.8 Å². The molecule has 0 saturated carbocycles. The molecule has 2 N–H and O–H groups in total. The van der Waals surface area contributed by atoms with E-state index >= 15 is 0 Å². The van der Waals surface area contributed by atoms with E-state index in [0.717, 1.165) is 4.68 Å². The fourth-order valence-electron chi connectivity index (χ4n) is 2.56. The summed E-state index contributed by atoms with van der Waals surface area (Å²) in [4.78, 5) is 22.5. The third-order valence-electron chi connectivity index (χ3n) is 3.71. The highest BCUT2D eigenvalue weighted by Crippen LogP contribution is 2.26. The van der Waals surface area contributed by atoms with Crippen molar-refractivity contribution in [2.24, 2.45) is 0 Å². The van der Waals surface area contributed by atoms with Crippen LogP contribution in [-0.4, -0.2) is 39.5 Å².